The number of rotatable bonds is 5. The third-order valence-corrected chi connectivity index (χ3v) is 2.80. The van der Waals surface area contributed by atoms with Gasteiger partial charge in [0.15, 0.2) is 0 Å². The van der Waals surface area contributed by atoms with Gasteiger partial charge in [-0.25, -0.2) is 0 Å². The van der Waals surface area contributed by atoms with Gasteiger partial charge in [-0.05, 0) is 25.8 Å². The zero-order valence-electron chi connectivity index (χ0n) is 9.88. The van der Waals surface area contributed by atoms with Gasteiger partial charge in [0, 0.05) is 6.04 Å². The molecule has 0 spiro atoms. The molecule has 0 fully saturated rings. The van der Waals surface area contributed by atoms with Crippen LogP contribution in [-0.4, -0.2) is 16.3 Å². The fourth-order valence-corrected chi connectivity index (χ4v) is 1.80. The van der Waals surface area contributed by atoms with Gasteiger partial charge in [0.1, 0.15) is 0 Å². The SMILES string of the molecule is CC(C)N(O)C(C/C=C/P)c1ccccc1. The summed E-state index contributed by atoms with van der Waals surface area (Å²) in [6.45, 7) is 3.97. The molecule has 0 aliphatic carbocycles. The molecule has 3 heteroatoms. The molecule has 2 nitrogen and oxygen atoms in total. The number of benzene rings is 1. The fraction of sp³-hybridized carbons (Fsp3) is 0.385. The van der Waals surface area contributed by atoms with Crippen molar-refractivity contribution in [1.29, 1.82) is 0 Å². The lowest BCUT2D eigenvalue weighted by molar-refractivity contribution is -0.152. The second-order valence-corrected chi connectivity index (χ2v) is 4.45. The van der Waals surface area contributed by atoms with Gasteiger partial charge in [0.2, 0.25) is 0 Å². The van der Waals surface area contributed by atoms with Crippen LogP contribution in [0.2, 0.25) is 0 Å². The highest BCUT2D eigenvalue weighted by Gasteiger charge is 2.19. The molecule has 1 aromatic carbocycles. The van der Waals surface area contributed by atoms with Crippen LogP contribution in [0.3, 0.4) is 0 Å². The molecule has 0 saturated carbocycles. The second kappa shape index (κ2) is 6.80. The van der Waals surface area contributed by atoms with Crippen LogP contribution in [0.4, 0.5) is 0 Å². The average Bonchev–Trinajstić information content (AvgIpc) is 2.30. The monoisotopic (exact) mass is 237 g/mol. The van der Waals surface area contributed by atoms with Crippen molar-refractivity contribution in [3.8, 4) is 0 Å². The van der Waals surface area contributed by atoms with Gasteiger partial charge in [0.25, 0.3) is 0 Å². The number of hydroxylamine groups is 2. The standard InChI is InChI=1S/C13H20NOP/c1-11(2)14(15)13(9-6-10-16)12-7-4-3-5-8-12/h3-8,10-11,13,15H,9,16H2,1-2H3/b10-6+. The van der Waals surface area contributed by atoms with E-state index in [4.69, 9.17) is 0 Å². The molecule has 0 amide bonds. The molecule has 0 heterocycles. The summed E-state index contributed by atoms with van der Waals surface area (Å²) in [5.41, 5.74) is 1.14. The van der Waals surface area contributed by atoms with E-state index < -0.39 is 0 Å². The normalized spacial score (nSPS) is 13.9. The Balaban J connectivity index is 2.87. The lowest BCUT2D eigenvalue weighted by Gasteiger charge is -2.28. The topological polar surface area (TPSA) is 23.5 Å². The first kappa shape index (κ1) is 13.4. The molecule has 0 bridgehead atoms. The highest BCUT2D eigenvalue weighted by molar-refractivity contribution is 7.20. The minimum Gasteiger partial charge on any atom is -0.313 e. The van der Waals surface area contributed by atoms with E-state index in [0.717, 1.165) is 12.0 Å². The van der Waals surface area contributed by atoms with Crippen LogP contribution in [0.25, 0.3) is 0 Å². The Morgan fingerprint density at radius 2 is 1.94 bits per heavy atom. The maximum absolute atomic E-state index is 10.1. The molecule has 16 heavy (non-hydrogen) atoms. The summed E-state index contributed by atoms with van der Waals surface area (Å²) in [4.78, 5) is 0. The Hall–Kier alpha value is -0.690. The number of hydrogen-bond donors (Lipinski definition) is 1. The summed E-state index contributed by atoms with van der Waals surface area (Å²) < 4.78 is 0. The predicted molar refractivity (Wildman–Crippen MR) is 71.4 cm³/mol. The first-order chi connectivity index (χ1) is 7.66. The molecule has 88 valence electrons. The van der Waals surface area contributed by atoms with Crippen LogP contribution in [-0.2, 0) is 0 Å². The molecule has 1 aromatic rings. The molecule has 0 aromatic heterocycles. The molecule has 1 rings (SSSR count). The third-order valence-electron chi connectivity index (χ3n) is 2.53. The maximum Gasteiger partial charge on any atom is 0.0636 e. The van der Waals surface area contributed by atoms with E-state index in [2.05, 4.69) is 9.24 Å². The van der Waals surface area contributed by atoms with E-state index in [1.54, 1.807) is 0 Å². The zero-order valence-corrected chi connectivity index (χ0v) is 11.0. The summed E-state index contributed by atoms with van der Waals surface area (Å²) in [5.74, 6) is 1.93. The molecular formula is C13H20NOP. The largest absolute Gasteiger partial charge is 0.313 e. The van der Waals surface area contributed by atoms with Crippen LogP contribution in [0, 0.1) is 0 Å². The highest BCUT2D eigenvalue weighted by Crippen LogP contribution is 2.25. The van der Waals surface area contributed by atoms with Crippen molar-refractivity contribution in [3.63, 3.8) is 0 Å². The Morgan fingerprint density at radius 3 is 2.44 bits per heavy atom. The first-order valence-electron chi connectivity index (χ1n) is 5.55. The Bertz CT molecular complexity index is 324. The van der Waals surface area contributed by atoms with E-state index in [1.807, 2.05) is 56.1 Å². The zero-order chi connectivity index (χ0) is 12.0. The van der Waals surface area contributed by atoms with E-state index in [-0.39, 0.29) is 12.1 Å². The minimum absolute atomic E-state index is 0.0259. The van der Waals surface area contributed by atoms with Gasteiger partial charge in [-0.1, -0.05) is 42.2 Å². The van der Waals surface area contributed by atoms with Gasteiger partial charge >= 0.3 is 0 Å². The smallest absolute Gasteiger partial charge is 0.0636 e. The first-order valence-corrected chi connectivity index (χ1v) is 6.22. The molecule has 2 unspecified atom stereocenters. The van der Waals surface area contributed by atoms with E-state index in [1.165, 1.54) is 5.06 Å². The Morgan fingerprint density at radius 1 is 1.31 bits per heavy atom. The van der Waals surface area contributed by atoms with Crippen molar-refractivity contribution in [2.75, 3.05) is 0 Å². The van der Waals surface area contributed by atoms with Crippen LogP contribution in [0.15, 0.2) is 42.2 Å². The van der Waals surface area contributed by atoms with Crippen molar-refractivity contribution in [2.45, 2.75) is 32.4 Å². The predicted octanol–water partition coefficient (Wildman–Crippen LogP) is 3.61. The van der Waals surface area contributed by atoms with Gasteiger partial charge in [-0.15, -0.1) is 9.24 Å². The van der Waals surface area contributed by atoms with Crippen LogP contribution >= 0.6 is 9.24 Å². The minimum atomic E-state index is 0.0259. The Labute approximate surface area is 100 Å². The molecule has 2 atom stereocenters. The average molecular weight is 237 g/mol. The molecule has 0 aliphatic heterocycles. The summed E-state index contributed by atoms with van der Waals surface area (Å²) in [7, 11) is 2.56. The van der Waals surface area contributed by atoms with Crippen molar-refractivity contribution in [1.82, 2.24) is 5.06 Å². The maximum atomic E-state index is 10.1. The van der Waals surface area contributed by atoms with Crippen molar-refractivity contribution < 1.29 is 5.21 Å². The summed E-state index contributed by atoms with van der Waals surface area (Å²) in [6.07, 6.45) is 2.86. The molecule has 0 saturated heterocycles. The van der Waals surface area contributed by atoms with Crippen molar-refractivity contribution in [3.05, 3.63) is 47.8 Å². The fourth-order valence-electron chi connectivity index (χ4n) is 1.64. The van der Waals surface area contributed by atoms with Crippen LogP contribution in [0.5, 0.6) is 0 Å². The van der Waals surface area contributed by atoms with Gasteiger partial charge < -0.3 is 5.21 Å². The Kier molecular flexibility index (Phi) is 5.68. The van der Waals surface area contributed by atoms with E-state index >= 15 is 0 Å². The van der Waals surface area contributed by atoms with Gasteiger partial charge in [-0.3, -0.25) is 0 Å². The van der Waals surface area contributed by atoms with E-state index in [9.17, 15) is 5.21 Å². The van der Waals surface area contributed by atoms with Crippen LogP contribution in [0.1, 0.15) is 31.9 Å². The van der Waals surface area contributed by atoms with Crippen LogP contribution < -0.4 is 0 Å². The van der Waals surface area contributed by atoms with Gasteiger partial charge in [0.05, 0.1) is 6.04 Å². The summed E-state index contributed by atoms with van der Waals surface area (Å²) in [5, 5.41) is 11.5. The summed E-state index contributed by atoms with van der Waals surface area (Å²) in [6, 6.07) is 10.2. The molecule has 0 radical (unpaired) electrons. The molecular weight excluding hydrogens is 217 g/mol. The highest BCUT2D eigenvalue weighted by atomic mass is 31.0. The van der Waals surface area contributed by atoms with Gasteiger partial charge in [-0.2, -0.15) is 5.06 Å². The third kappa shape index (κ3) is 3.71. The summed E-state index contributed by atoms with van der Waals surface area (Å²) >= 11 is 0. The second-order valence-electron chi connectivity index (χ2n) is 4.06. The lowest BCUT2D eigenvalue weighted by Crippen LogP contribution is -2.31. The van der Waals surface area contributed by atoms with Crippen molar-refractivity contribution >= 4 is 9.24 Å². The molecule has 1 N–H and O–H groups in total. The van der Waals surface area contributed by atoms with Crippen molar-refractivity contribution in [2.24, 2.45) is 0 Å². The number of hydrogen-bond acceptors (Lipinski definition) is 2. The quantitative estimate of drug-likeness (QED) is 0.624. The van der Waals surface area contributed by atoms with E-state index in [0.29, 0.717) is 0 Å². The lowest BCUT2D eigenvalue weighted by atomic mass is 10.0. The number of nitrogens with zero attached hydrogens (tertiary/aromatic N) is 1. The molecule has 0 aliphatic rings.